The molecule has 0 aliphatic heterocycles. The van der Waals surface area contributed by atoms with E-state index in [4.69, 9.17) is 4.42 Å². The molecule has 0 aliphatic rings. The van der Waals surface area contributed by atoms with Gasteiger partial charge in [-0.1, -0.05) is 140 Å². The lowest BCUT2D eigenvalue weighted by Gasteiger charge is -2.27. The van der Waals surface area contributed by atoms with Crippen LogP contribution in [0.15, 0.2) is 199 Å². The molecule has 10 rings (SSSR count). The number of fused-ring (bicyclic) bond motifs is 6. The lowest BCUT2D eigenvalue weighted by molar-refractivity contribution is 0.672. The van der Waals surface area contributed by atoms with Crippen LogP contribution in [0.25, 0.3) is 76.9 Å². The van der Waals surface area contributed by atoms with Crippen LogP contribution >= 0.6 is 0 Å². The van der Waals surface area contributed by atoms with E-state index >= 15 is 0 Å². The zero-order valence-electron chi connectivity index (χ0n) is 28.3. The third-order valence-corrected chi connectivity index (χ3v) is 10.1. The van der Waals surface area contributed by atoms with Crippen molar-refractivity contribution < 1.29 is 4.42 Å². The van der Waals surface area contributed by atoms with Gasteiger partial charge in [-0.25, -0.2) is 0 Å². The number of hydrogen-bond acceptors (Lipinski definition) is 3. The lowest BCUT2D eigenvalue weighted by atomic mass is 9.96. The van der Waals surface area contributed by atoms with Crippen LogP contribution in [0.4, 0.5) is 17.1 Å². The molecule has 0 radical (unpaired) electrons. The van der Waals surface area contributed by atoms with E-state index in [1.54, 1.807) is 0 Å². The van der Waals surface area contributed by atoms with Crippen molar-refractivity contribution in [1.82, 2.24) is 4.98 Å². The number of rotatable bonds is 6. The maximum atomic E-state index is 6.63. The van der Waals surface area contributed by atoms with Gasteiger partial charge in [0.2, 0.25) is 0 Å². The molecule has 0 saturated heterocycles. The largest absolute Gasteiger partial charge is 0.455 e. The Kier molecular flexibility index (Phi) is 7.14. The maximum absolute atomic E-state index is 6.63. The van der Waals surface area contributed by atoms with E-state index in [1.807, 2.05) is 24.5 Å². The van der Waals surface area contributed by atoms with Crippen LogP contribution < -0.4 is 4.90 Å². The summed E-state index contributed by atoms with van der Waals surface area (Å²) in [6.45, 7) is 0. The summed E-state index contributed by atoms with van der Waals surface area (Å²) in [7, 11) is 0. The van der Waals surface area contributed by atoms with E-state index in [0.29, 0.717) is 0 Å². The van der Waals surface area contributed by atoms with E-state index in [9.17, 15) is 0 Å². The monoisotopic (exact) mass is 664 g/mol. The van der Waals surface area contributed by atoms with Gasteiger partial charge in [0.25, 0.3) is 0 Å². The molecule has 2 aromatic heterocycles. The summed E-state index contributed by atoms with van der Waals surface area (Å²) in [4.78, 5) is 6.88. The van der Waals surface area contributed by atoms with Gasteiger partial charge in [-0.05, 0) is 86.6 Å². The van der Waals surface area contributed by atoms with Gasteiger partial charge in [0.15, 0.2) is 0 Å². The second-order valence-corrected chi connectivity index (χ2v) is 13.2. The van der Waals surface area contributed by atoms with Gasteiger partial charge in [-0.2, -0.15) is 0 Å². The number of anilines is 3. The van der Waals surface area contributed by atoms with Crippen molar-refractivity contribution in [1.29, 1.82) is 0 Å². The van der Waals surface area contributed by atoms with E-state index < -0.39 is 0 Å². The fourth-order valence-electron chi connectivity index (χ4n) is 7.64. The van der Waals surface area contributed by atoms with Gasteiger partial charge in [0, 0.05) is 39.9 Å². The molecule has 0 aliphatic carbocycles. The lowest BCUT2D eigenvalue weighted by Crippen LogP contribution is -2.11. The molecular formula is C49H32N2O. The molecule has 3 nitrogen and oxygen atoms in total. The fraction of sp³-hybridized carbons (Fsp3) is 0. The van der Waals surface area contributed by atoms with Crippen molar-refractivity contribution >= 4 is 60.5 Å². The number of aromatic nitrogens is 1. The number of hydrogen-bond donors (Lipinski definition) is 0. The van der Waals surface area contributed by atoms with Crippen LogP contribution in [0, 0.1) is 0 Å². The van der Waals surface area contributed by atoms with Crippen molar-refractivity contribution in [2.75, 3.05) is 4.90 Å². The predicted octanol–water partition coefficient (Wildman–Crippen LogP) is 13.8. The highest BCUT2D eigenvalue weighted by Crippen LogP contribution is 2.47. The molecule has 10 aromatic rings. The highest BCUT2D eigenvalue weighted by atomic mass is 16.3. The van der Waals surface area contributed by atoms with Gasteiger partial charge >= 0.3 is 0 Å². The highest BCUT2D eigenvalue weighted by Gasteiger charge is 2.22. The molecule has 0 bridgehead atoms. The van der Waals surface area contributed by atoms with E-state index in [-0.39, 0.29) is 0 Å². The zero-order chi connectivity index (χ0) is 34.4. The van der Waals surface area contributed by atoms with Crippen LogP contribution in [0.5, 0.6) is 0 Å². The molecule has 52 heavy (non-hydrogen) atoms. The third kappa shape index (κ3) is 5.10. The van der Waals surface area contributed by atoms with Crippen LogP contribution in [0.3, 0.4) is 0 Å². The molecule has 8 aromatic carbocycles. The SMILES string of the molecule is c1ccc(-c2cccc(N(c3cccc(-c4ccc(-c5cccc6ccccc56)cc4)c3)c3cc4cnccc4c4oc5ccccc5c34)c2)cc1. The Balaban J connectivity index is 1.16. The molecule has 244 valence electrons. The van der Waals surface area contributed by atoms with Crippen LogP contribution in [0.1, 0.15) is 0 Å². The first kappa shape index (κ1) is 29.9. The van der Waals surface area contributed by atoms with Gasteiger partial charge in [0.05, 0.1) is 11.1 Å². The summed E-state index contributed by atoms with van der Waals surface area (Å²) >= 11 is 0. The van der Waals surface area contributed by atoms with Crippen LogP contribution in [-0.4, -0.2) is 4.98 Å². The van der Waals surface area contributed by atoms with Crippen molar-refractivity contribution in [2.45, 2.75) is 0 Å². The molecule has 0 spiro atoms. The quantitative estimate of drug-likeness (QED) is 0.177. The van der Waals surface area contributed by atoms with Gasteiger partial charge < -0.3 is 9.32 Å². The van der Waals surface area contributed by atoms with Crippen molar-refractivity contribution in [3.63, 3.8) is 0 Å². The van der Waals surface area contributed by atoms with Gasteiger partial charge in [0.1, 0.15) is 11.2 Å². The number of benzene rings is 8. The zero-order valence-corrected chi connectivity index (χ0v) is 28.3. The second-order valence-electron chi connectivity index (χ2n) is 13.2. The average Bonchev–Trinajstić information content (AvgIpc) is 3.62. The Morgan fingerprint density at radius 3 is 1.83 bits per heavy atom. The summed E-state index contributed by atoms with van der Waals surface area (Å²) in [5.74, 6) is 0. The smallest absolute Gasteiger partial charge is 0.145 e. The minimum Gasteiger partial charge on any atom is -0.455 e. The molecule has 0 N–H and O–H groups in total. The summed E-state index contributed by atoms with van der Waals surface area (Å²) in [6, 6.07) is 64.9. The number of furan rings is 1. The van der Waals surface area contributed by atoms with Gasteiger partial charge in [-0.3, -0.25) is 4.98 Å². The molecule has 0 unspecified atom stereocenters. The van der Waals surface area contributed by atoms with Crippen molar-refractivity contribution in [3.05, 3.63) is 194 Å². The average molecular weight is 665 g/mol. The standard InChI is InChI=1S/C49H32N2O/c1-2-11-33(12-3-1)37-15-8-17-40(29-37)51(46-31-39-32-50-28-27-44(39)49-48(46)45-20-6-7-22-47(45)52-49)41-18-9-16-38(30-41)34-23-25-36(26-24-34)43-21-10-14-35-13-4-5-19-42(35)43/h1-32H. The summed E-state index contributed by atoms with van der Waals surface area (Å²) in [5.41, 5.74) is 11.9. The Labute approximate surface area is 301 Å². The number of nitrogens with zero attached hydrogens (tertiary/aromatic N) is 2. The van der Waals surface area contributed by atoms with E-state index in [1.165, 1.54) is 27.5 Å². The minimum atomic E-state index is 0.862. The number of para-hydroxylation sites is 1. The Hall–Kier alpha value is -6.97. The summed E-state index contributed by atoms with van der Waals surface area (Å²) in [6.07, 6.45) is 3.77. The Bertz CT molecular complexity index is 2900. The van der Waals surface area contributed by atoms with Crippen LogP contribution in [-0.2, 0) is 0 Å². The molecule has 3 heteroatoms. The molecule has 0 atom stereocenters. The summed E-state index contributed by atoms with van der Waals surface area (Å²) in [5, 5.41) is 6.73. The first-order chi connectivity index (χ1) is 25.8. The minimum absolute atomic E-state index is 0.862. The van der Waals surface area contributed by atoms with Crippen molar-refractivity contribution in [3.8, 4) is 33.4 Å². The first-order valence-corrected chi connectivity index (χ1v) is 17.6. The summed E-state index contributed by atoms with van der Waals surface area (Å²) < 4.78 is 6.63. The highest BCUT2D eigenvalue weighted by molar-refractivity contribution is 6.21. The predicted molar refractivity (Wildman–Crippen MR) is 218 cm³/mol. The Morgan fingerprint density at radius 1 is 0.423 bits per heavy atom. The molecule has 2 heterocycles. The number of pyridine rings is 1. The van der Waals surface area contributed by atoms with Crippen LogP contribution in [0.2, 0.25) is 0 Å². The molecule has 0 fully saturated rings. The second kappa shape index (κ2) is 12.4. The van der Waals surface area contributed by atoms with Crippen molar-refractivity contribution in [2.24, 2.45) is 0 Å². The molecular weight excluding hydrogens is 633 g/mol. The topological polar surface area (TPSA) is 29.3 Å². The fourth-order valence-corrected chi connectivity index (χ4v) is 7.64. The molecule has 0 amide bonds. The maximum Gasteiger partial charge on any atom is 0.145 e. The van der Waals surface area contributed by atoms with Gasteiger partial charge in [-0.15, -0.1) is 0 Å². The van der Waals surface area contributed by atoms with E-state index in [2.05, 4.69) is 180 Å². The van der Waals surface area contributed by atoms with E-state index in [0.717, 1.165) is 66.5 Å². The normalized spacial score (nSPS) is 11.5. The molecule has 0 saturated carbocycles. The third-order valence-electron chi connectivity index (χ3n) is 10.1. The Morgan fingerprint density at radius 2 is 1.04 bits per heavy atom. The first-order valence-electron chi connectivity index (χ1n) is 17.6.